The Bertz CT molecular complexity index is 907. The van der Waals surface area contributed by atoms with Crippen LogP contribution in [0.3, 0.4) is 0 Å². The van der Waals surface area contributed by atoms with Crippen LogP contribution in [0.4, 0.5) is 0 Å². The van der Waals surface area contributed by atoms with Crippen LogP contribution in [-0.2, 0) is 11.3 Å². The van der Waals surface area contributed by atoms with Gasteiger partial charge in [-0.25, -0.2) is 0 Å². The van der Waals surface area contributed by atoms with Gasteiger partial charge >= 0.3 is 0 Å². The highest BCUT2D eigenvalue weighted by Gasteiger charge is 2.28. The Balaban J connectivity index is 1.59. The fourth-order valence-electron chi connectivity index (χ4n) is 3.39. The standard InChI is InChI=1S/C19H19ClN4O/c20-16-6-3-5-14(10-16)18-12-21-8-9-23(18)19(25)13-24-17-7-2-1-4-15(17)11-22-24/h1-7,10-11,18,21H,8-9,12-13H2. The number of para-hydroxylation sites is 1. The molecule has 25 heavy (non-hydrogen) atoms. The van der Waals surface area contributed by atoms with Gasteiger partial charge in [-0.3, -0.25) is 9.48 Å². The van der Waals surface area contributed by atoms with Crippen LogP contribution in [0.1, 0.15) is 11.6 Å². The average molecular weight is 355 g/mol. The maximum absolute atomic E-state index is 13.0. The number of halogens is 1. The molecule has 1 fully saturated rings. The van der Waals surface area contributed by atoms with Gasteiger partial charge in [0.2, 0.25) is 5.91 Å². The number of benzene rings is 2. The molecular formula is C19H19ClN4O. The molecule has 1 unspecified atom stereocenters. The average Bonchev–Trinajstić information content (AvgIpc) is 3.05. The highest BCUT2D eigenvalue weighted by Crippen LogP contribution is 2.25. The molecule has 0 saturated carbocycles. The van der Waals surface area contributed by atoms with Gasteiger partial charge < -0.3 is 10.2 Å². The van der Waals surface area contributed by atoms with Gasteiger partial charge in [-0.15, -0.1) is 0 Å². The third kappa shape index (κ3) is 3.25. The summed E-state index contributed by atoms with van der Waals surface area (Å²) in [5.74, 6) is 0.0697. The van der Waals surface area contributed by atoms with Crippen molar-refractivity contribution in [2.45, 2.75) is 12.6 Å². The number of aromatic nitrogens is 2. The number of amides is 1. The molecule has 3 aromatic rings. The molecule has 4 rings (SSSR count). The van der Waals surface area contributed by atoms with E-state index in [1.807, 2.05) is 53.4 Å². The van der Waals surface area contributed by atoms with Gasteiger partial charge in [0.25, 0.3) is 0 Å². The van der Waals surface area contributed by atoms with Gasteiger partial charge in [-0.1, -0.05) is 41.9 Å². The van der Waals surface area contributed by atoms with E-state index in [1.165, 1.54) is 0 Å². The summed E-state index contributed by atoms with van der Waals surface area (Å²) in [7, 11) is 0. The first-order valence-electron chi connectivity index (χ1n) is 8.38. The number of rotatable bonds is 3. The van der Waals surface area contributed by atoms with Crippen LogP contribution < -0.4 is 5.32 Å². The molecule has 0 spiro atoms. The molecule has 1 aromatic heterocycles. The van der Waals surface area contributed by atoms with E-state index in [0.717, 1.165) is 29.6 Å². The largest absolute Gasteiger partial charge is 0.331 e. The molecule has 1 atom stereocenters. The first-order valence-corrected chi connectivity index (χ1v) is 8.76. The van der Waals surface area contributed by atoms with Gasteiger partial charge in [0, 0.05) is 30.0 Å². The number of hydrogen-bond acceptors (Lipinski definition) is 3. The van der Waals surface area contributed by atoms with Crippen molar-refractivity contribution in [3.8, 4) is 0 Å². The van der Waals surface area contributed by atoms with Crippen LogP contribution in [0.15, 0.2) is 54.7 Å². The molecule has 2 aromatic carbocycles. The predicted molar refractivity (Wildman–Crippen MR) is 98.5 cm³/mol. The Morgan fingerprint density at radius 3 is 3.00 bits per heavy atom. The quantitative estimate of drug-likeness (QED) is 0.786. The zero-order valence-electron chi connectivity index (χ0n) is 13.7. The summed E-state index contributed by atoms with van der Waals surface area (Å²) < 4.78 is 1.77. The van der Waals surface area contributed by atoms with Crippen LogP contribution in [-0.4, -0.2) is 40.2 Å². The van der Waals surface area contributed by atoms with Crippen molar-refractivity contribution in [1.29, 1.82) is 0 Å². The van der Waals surface area contributed by atoms with E-state index in [4.69, 9.17) is 11.6 Å². The summed E-state index contributed by atoms with van der Waals surface area (Å²) in [4.78, 5) is 14.9. The van der Waals surface area contributed by atoms with Crippen molar-refractivity contribution < 1.29 is 4.79 Å². The SMILES string of the molecule is O=C(Cn1ncc2ccccc21)N1CCNCC1c1cccc(Cl)c1. The van der Waals surface area contributed by atoms with E-state index < -0.39 is 0 Å². The van der Waals surface area contributed by atoms with Crippen LogP contribution in [0, 0.1) is 0 Å². The Labute approximate surface area is 151 Å². The number of carbonyl (C=O) groups is 1. The number of nitrogens with one attached hydrogen (secondary N) is 1. The lowest BCUT2D eigenvalue weighted by Crippen LogP contribution is -2.49. The normalized spacial score (nSPS) is 17.8. The van der Waals surface area contributed by atoms with Gasteiger partial charge in [0.15, 0.2) is 0 Å². The lowest BCUT2D eigenvalue weighted by molar-refractivity contribution is -0.135. The second kappa shape index (κ2) is 6.86. The van der Waals surface area contributed by atoms with Gasteiger partial charge in [0.1, 0.15) is 6.54 Å². The van der Waals surface area contributed by atoms with Crippen molar-refractivity contribution in [2.75, 3.05) is 19.6 Å². The topological polar surface area (TPSA) is 50.2 Å². The van der Waals surface area contributed by atoms with E-state index in [1.54, 1.807) is 10.9 Å². The van der Waals surface area contributed by atoms with Crippen LogP contribution in [0.2, 0.25) is 5.02 Å². The molecule has 2 heterocycles. The van der Waals surface area contributed by atoms with Gasteiger partial charge in [0.05, 0.1) is 17.8 Å². The number of hydrogen-bond donors (Lipinski definition) is 1. The molecule has 1 amide bonds. The fourth-order valence-corrected chi connectivity index (χ4v) is 3.58. The molecule has 1 N–H and O–H groups in total. The van der Waals surface area contributed by atoms with Crippen LogP contribution >= 0.6 is 11.6 Å². The molecule has 128 valence electrons. The molecule has 5 nitrogen and oxygen atoms in total. The highest BCUT2D eigenvalue weighted by atomic mass is 35.5. The summed E-state index contributed by atoms with van der Waals surface area (Å²) in [6.07, 6.45) is 1.80. The molecule has 1 saturated heterocycles. The third-order valence-corrected chi connectivity index (χ3v) is 4.87. The first kappa shape index (κ1) is 16.1. The third-order valence-electron chi connectivity index (χ3n) is 4.63. The number of fused-ring (bicyclic) bond motifs is 1. The second-order valence-electron chi connectivity index (χ2n) is 6.22. The van der Waals surface area contributed by atoms with Crippen molar-refractivity contribution in [1.82, 2.24) is 20.0 Å². The zero-order chi connectivity index (χ0) is 17.2. The van der Waals surface area contributed by atoms with Crippen LogP contribution in [0.5, 0.6) is 0 Å². The number of nitrogens with zero attached hydrogens (tertiary/aromatic N) is 3. The molecule has 1 aliphatic rings. The summed E-state index contributed by atoms with van der Waals surface area (Å²) in [5, 5.41) is 9.47. The second-order valence-corrected chi connectivity index (χ2v) is 6.66. The zero-order valence-corrected chi connectivity index (χ0v) is 14.5. The summed E-state index contributed by atoms with van der Waals surface area (Å²) in [6.45, 7) is 2.44. The molecule has 0 bridgehead atoms. The lowest BCUT2D eigenvalue weighted by atomic mass is 10.0. The highest BCUT2D eigenvalue weighted by molar-refractivity contribution is 6.30. The summed E-state index contributed by atoms with van der Waals surface area (Å²) in [5.41, 5.74) is 2.03. The van der Waals surface area contributed by atoms with E-state index in [0.29, 0.717) is 11.6 Å². The minimum Gasteiger partial charge on any atom is -0.331 e. The Hall–Kier alpha value is -2.37. The maximum Gasteiger partial charge on any atom is 0.244 e. The number of piperazine rings is 1. The molecule has 6 heteroatoms. The first-order chi connectivity index (χ1) is 12.2. The Morgan fingerprint density at radius 2 is 2.12 bits per heavy atom. The van der Waals surface area contributed by atoms with E-state index >= 15 is 0 Å². The number of carbonyl (C=O) groups excluding carboxylic acids is 1. The molecule has 1 aliphatic heterocycles. The van der Waals surface area contributed by atoms with Crippen molar-refractivity contribution in [2.24, 2.45) is 0 Å². The van der Waals surface area contributed by atoms with E-state index in [9.17, 15) is 4.79 Å². The molecular weight excluding hydrogens is 336 g/mol. The Kier molecular flexibility index (Phi) is 4.42. The van der Waals surface area contributed by atoms with Crippen LogP contribution in [0.25, 0.3) is 10.9 Å². The fraction of sp³-hybridized carbons (Fsp3) is 0.263. The smallest absolute Gasteiger partial charge is 0.244 e. The van der Waals surface area contributed by atoms with Crippen molar-refractivity contribution in [3.63, 3.8) is 0 Å². The lowest BCUT2D eigenvalue weighted by Gasteiger charge is -2.36. The van der Waals surface area contributed by atoms with Crippen molar-refractivity contribution >= 4 is 28.4 Å². The van der Waals surface area contributed by atoms with Crippen molar-refractivity contribution in [3.05, 3.63) is 65.3 Å². The molecule has 0 radical (unpaired) electrons. The minimum atomic E-state index is -0.0122. The Morgan fingerprint density at radius 1 is 1.24 bits per heavy atom. The summed E-state index contributed by atoms with van der Waals surface area (Å²) >= 11 is 6.13. The minimum absolute atomic E-state index is 0.0122. The monoisotopic (exact) mass is 354 g/mol. The van der Waals surface area contributed by atoms with Gasteiger partial charge in [-0.2, -0.15) is 5.10 Å². The van der Waals surface area contributed by atoms with E-state index in [-0.39, 0.29) is 18.5 Å². The predicted octanol–water partition coefficient (Wildman–Crippen LogP) is 2.86. The van der Waals surface area contributed by atoms with Gasteiger partial charge in [-0.05, 0) is 23.8 Å². The van der Waals surface area contributed by atoms with E-state index in [2.05, 4.69) is 10.4 Å². The maximum atomic E-state index is 13.0. The molecule has 0 aliphatic carbocycles. The summed E-state index contributed by atoms with van der Waals surface area (Å²) in [6, 6.07) is 15.6.